The molecule has 1 fully saturated rings. The molecule has 1 aliphatic rings. The highest BCUT2D eigenvalue weighted by Crippen LogP contribution is 2.19. The van der Waals surface area contributed by atoms with Gasteiger partial charge in [0.2, 0.25) is 10.0 Å². The Morgan fingerprint density at radius 3 is 2.55 bits per heavy atom. The van der Waals surface area contributed by atoms with Crippen LogP contribution >= 0.6 is 0 Å². The topological polar surface area (TPSA) is 52.7 Å². The molecular weight excluding hydrogens is 298 g/mol. The summed E-state index contributed by atoms with van der Waals surface area (Å²) in [6, 6.07) is 7.27. The molecule has 2 rings (SSSR count). The van der Waals surface area contributed by atoms with Gasteiger partial charge in [-0.3, -0.25) is 4.90 Å². The monoisotopic (exact) mass is 325 g/mol. The highest BCUT2D eigenvalue weighted by atomic mass is 32.2. The minimum absolute atomic E-state index is 0.355. The van der Waals surface area contributed by atoms with Crippen LogP contribution in [0.5, 0.6) is 0 Å². The average molecular weight is 325 g/mol. The number of hydrogen-bond donors (Lipinski definition) is 1. The van der Waals surface area contributed by atoms with Gasteiger partial charge in [-0.2, -0.15) is 0 Å². The van der Waals surface area contributed by atoms with Gasteiger partial charge in [0.15, 0.2) is 0 Å². The van der Waals surface area contributed by atoms with E-state index in [0.717, 1.165) is 26.2 Å². The molecule has 0 amide bonds. The first-order chi connectivity index (χ1) is 10.4. The van der Waals surface area contributed by atoms with E-state index in [1.807, 2.05) is 19.2 Å². The van der Waals surface area contributed by atoms with E-state index in [0.29, 0.717) is 10.8 Å². The summed E-state index contributed by atoms with van der Waals surface area (Å²) in [4.78, 5) is 2.81. The molecule has 0 radical (unpaired) electrons. The van der Waals surface area contributed by atoms with Crippen molar-refractivity contribution in [3.8, 4) is 0 Å². The average Bonchev–Trinajstić information content (AvgIpc) is 2.48. The Bertz CT molecular complexity index is 568. The van der Waals surface area contributed by atoms with Crippen LogP contribution in [0.25, 0.3) is 0 Å². The summed E-state index contributed by atoms with van der Waals surface area (Å²) in [5.74, 6) is 0.715. The summed E-state index contributed by atoms with van der Waals surface area (Å²) in [6.07, 6.45) is 2.52. The highest BCUT2D eigenvalue weighted by Gasteiger charge is 2.20. The number of sulfonamides is 1. The van der Waals surface area contributed by atoms with Crippen molar-refractivity contribution in [2.45, 2.75) is 24.3 Å². The molecule has 124 valence electrons. The number of likely N-dealkylation sites (tertiary alicyclic amines) is 1. The van der Waals surface area contributed by atoms with Gasteiger partial charge >= 0.3 is 0 Å². The van der Waals surface area contributed by atoms with Crippen molar-refractivity contribution < 1.29 is 8.42 Å². The van der Waals surface area contributed by atoms with Crippen LogP contribution in [0, 0.1) is 5.92 Å². The minimum atomic E-state index is -3.33. The Hall–Kier alpha value is -0.950. The van der Waals surface area contributed by atoms with Gasteiger partial charge in [-0.05, 0) is 56.6 Å². The molecule has 22 heavy (non-hydrogen) atoms. The number of nitrogens with zero attached hydrogens (tertiary/aromatic N) is 2. The van der Waals surface area contributed by atoms with Crippen molar-refractivity contribution >= 4 is 10.0 Å². The van der Waals surface area contributed by atoms with Crippen LogP contribution in [0.2, 0.25) is 0 Å². The molecule has 0 bridgehead atoms. The summed E-state index contributed by atoms with van der Waals surface area (Å²) in [5.41, 5.74) is 1.17. The molecule has 0 aromatic heterocycles. The molecule has 0 saturated carbocycles. The summed E-state index contributed by atoms with van der Waals surface area (Å²) in [7, 11) is 1.78. The largest absolute Gasteiger partial charge is 0.319 e. The summed E-state index contributed by atoms with van der Waals surface area (Å²) >= 11 is 0. The lowest BCUT2D eigenvalue weighted by molar-refractivity contribution is 0.167. The number of nitrogens with one attached hydrogen (secondary N) is 1. The number of hydrogen-bond acceptors (Lipinski definition) is 4. The predicted molar refractivity (Wildman–Crippen MR) is 89.2 cm³/mol. The second-order valence-corrected chi connectivity index (χ2v) is 8.38. The number of rotatable bonds is 6. The SMILES string of the molecule is CNCC1CCCN(Cc2ccc(S(=O)(=O)N(C)C)cc2)C1. The van der Waals surface area contributed by atoms with Crippen LogP contribution < -0.4 is 5.32 Å². The van der Waals surface area contributed by atoms with E-state index in [1.165, 1.54) is 22.7 Å². The number of piperidine rings is 1. The van der Waals surface area contributed by atoms with Crippen LogP contribution in [0.4, 0.5) is 0 Å². The van der Waals surface area contributed by atoms with Crippen molar-refractivity contribution in [1.29, 1.82) is 0 Å². The third-order valence-electron chi connectivity index (χ3n) is 4.20. The molecule has 1 atom stereocenters. The first kappa shape index (κ1) is 17.4. The van der Waals surface area contributed by atoms with Gasteiger partial charge in [0, 0.05) is 27.2 Å². The molecular formula is C16H27N3O2S. The maximum atomic E-state index is 12.1. The van der Waals surface area contributed by atoms with Crippen molar-refractivity contribution in [3.63, 3.8) is 0 Å². The third kappa shape index (κ3) is 4.29. The van der Waals surface area contributed by atoms with Crippen LogP contribution in [-0.4, -0.2) is 58.4 Å². The normalized spacial score (nSPS) is 20.5. The van der Waals surface area contributed by atoms with Crippen molar-refractivity contribution in [3.05, 3.63) is 29.8 Å². The summed E-state index contributed by atoms with van der Waals surface area (Å²) < 4.78 is 25.4. The Morgan fingerprint density at radius 1 is 1.27 bits per heavy atom. The van der Waals surface area contributed by atoms with Crippen LogP contribution in [0.15, 0.2) is 29.2 Å². The first-order valence-electron chi connectivity index (χ1n) is 7.82. The molecule has 1 aromatic carbocycles. The third-order valence-corrected chi connectivity index (χ3v) is 6.03. The maximum Gasteiger partial charge on any atom is 0.242 e. The Kier molecular flexibility index (Phi) is 5.97. The molecule has 6 heteroatoms. The minimum Gasteiger partial charge on any atom is -0.319 e. The fraction of sp³-hybridized carbons (Fsp3) is 0.625. The lowest BCUT2D eigenvalue weighted by Gasteiger charge is -2.32. The molecule has 0 spiro atoms. The smallest absolute Gasteiger partial charge is 0.242 e. The zero-order valence-corrected chi connectivity index (χ0v) is 14.6. The Labute approximate surface area is 134 Å². The van der Waals surface area contributed by atoms with Gasteiger partial charge < -0.3 is 5.32 Å². The summed E-state index contributed by atoms with van der Waals surface area (Å²) in [6.45, 7) is 4.19. The quantitative estimate of drug-likeness (QED) is 0.858. The molecule has 1 saturated heterocycles. The molecule has 5 nitrogen and oxygen atoms in total. The van der Waals surface area contributed by atoms with Crippen molar-refractivity contribution in [2.75, 3.05) is 40.8 Å². The lowest BCUT2D eigenvalue weighted by atomic mass is 9.97. The van der Waals surface area contributed by atoms with Crippen molar-refractivity contribution in [1.82, 2.24) is 14.5 Å². The highest BCUT2D eigenvalue weighted by molar-refractivity contribution is 7.89. The van der Waals surface area contributed by atoms with E-state index >= 15 is 0 Å². The van der Waals surface area contributed by atoms with Gasteiger partial charge in [0.1, 0.15) is 0 Å². The maximum absolute atomic E-state index is 12.1. The van der Waals surface area contributed by atoms with E-state index in [9.17, 15) is 8.42 Å². The first-order valence-corrected chi connectivity index (χ1v) is 9.26. The Balaban J connectivity index is 1.99. The molecule has 1 aliphatic heterocycles. The van der Waals surface area contributed by atoms with E-state index < -0.39 is 10.0 Å². The molecule has 1 N–H and O–H groups in total. The second-order valence-electron chi connectivity index (χ2n) is 6.23. The Morgan fingerprint density at radius 2 is 1.95 bits per heavy atom. The van der Waals surface area contributed by atoms with E-state index in [2.05, 4.69) is 10.2 Å². The number of benzene rings is 1. The second kappa shape index (κ2) is 7.55. The van der Waals surface area contributed by atoms with E-state index in [1.54, 1.807) is 26.2 Å². The van der Waals surface area contributed by atoms with Gasteiger partial charge in [0.25, 0.3) is 0 Å². The van der Waals surface area contributed by atoms with Crippen LogP contribution in [-0.2, 0) is 16.6 Å². The standard InChI is InChI=1S/C16H27N3O2S/c1-17-11-15-5-4-10-19(13-15)12-14-6-8-16(9-7-14)22(20,21)18(2)3/h6-9,15,17H,4-5,10-13H2,1-3H3. The van der Waals surface area contributed by atoms with Gasteiger partial charge in [0.05, 0.1) is 4.90 Å². The fourth-order valence-corrected chi connectivity index (χ4v) is 3.89. The zero-order chi connectivity index (χ0) is 16.2. The van der Waals surface area contributed by atoms with Gasteiger partial charge in [-0.25, -0.2) is 12.7 Å². The van der Waals surface area contributed by atoms with Crippen LogP contribution in [0.3, 0.4) is 0 Å². The van der Waals surface area contributed by atoms with Gasteiger partial charge in [-0.15, -0.1) is 0 Å². The van der Waals surface area contributed by atoms with E-state index in [-0.39, 0.29) is 0 Å². The van der Waals surface area contributed by atoms with E-state index in [4.69, 9.17) is 0 Å². The predicted octanol–water partition coefficient (Wildman–Crippen LogP) is 1.37. The van der Waals surface area contributed by atoms with Gasteiger partial charge in [-0.1, -0.05) is 12.1 Å². The summed E-state index contributed by atoms with van der Waals surface area (Å²) in [5, 5.41) is 3.26. The van der Waals surface area contributed by atoms with Crippen LogP contribution in [0.1, 0.15) is 18.4 Å². The molecule has 1 unspecified atom stereocenters. The molecule has 1 aromatic rings. The molecule has 1 heterocycles. The molecule has 0 aliphatic carbocycles. The van der Waals surface area contributed by atoms with Crippen molar-refractivity contribution in [2.24, 2.45) is 5.92 Å². The lowest BCUT2D eigenvalue weighted by Crippen LogP contribution is -2.38. The fourth-order valence-electron chi connectivity index (χ4n) is 2.99. The zero-order valence-electron chi connectivity index (χ0n) is 13.7.